The van der Waals surface area contributed by atoms with Crippen LogP contribution in [0.5, 0.6) is 0 Å². The van der Waals surface area contributed by atoms with Crippen LogP contribution in [0.25, 0.3) is 0 Å². The van der Waals surface area contributed by atoms with Crippen LogP contribution in [0.1, 0.15) is 36.0 Å². The second-order valence-corrected chi connectivity index (χ2v) is 8.23. The van der Waals surface area contributed by atoms with Crippen LogP contribution < -0.4 is 10.0 Å². The van der Waals surface area contributed by atoms with Crippen LogP contribution in [0.4, 0.5) is 5.69 Å². The lowest BCUT2D eigenvalue weighted by molar-refractivity contribution is -0.144. The monoisotopic (exact) mass is 388 g/mol. The highest BCUT2D eigenvalue weighted by molar-refractivity contribution is 7.92. The minimum atomic E-state index is -3.78. The molecule has 1 aliphatic rings. The van der Waals surface area contributed by atoms with Gasteiger partial charge in [-0.25, -0.2) is 13.2 Å². The van der Waals surface area contributed by atoms with Gasteiger partial charge < -0.3 is 10.4 Å². The summed E-state index contributed by atoms with van der Waals surface area (Å²) >= 11 is 0. The molecule has 1 amide bonds. The number of carbonyl (C=O) groups excluding carboxylic acids is 1. The minimum absolute atomic E-state index is 0.107. The average molecular weight is 388 g/mol. The van der Waals surface area contributed by atoms with Crippen LogP contribution in [0, 0.1) is 0 Å². The first kappa shape index (κ1) is 18.9. The van der Waals surface area contributed by atoms with Gasteiger partial charge in [-0.3, -0.25) is 9.52 Å². The summed E-state index contributed by atoms with van der Waals surface area (Å²) < 4.78 is 27.3. The smallest absolute Gasteiger partial charge is 0.329 e. The Morgan fingerprint density at radius 2 is 1.63 bits per heavy atom. The number of nitrogens with one attached hydrogen (secondary N) is 2. The molecule has 0 saturated heterocycles. The van der Waals surface area contributed by atoms with E-state index in [1.165, 1.54) is 30.3 Å². The van der Waals surface area contributed by atoms with Crippen molar-refractivity contribution >= 4 is 27.6 Å². The van der Waals surface area contributed by atoms with Gasteiger partial charge in [-0.05, 0) is 43.2 Å². The maximum absolute atomic E-state index is 12.5. The molecule has 3 rings (SSSR count). The van der Waals surface area contributed by atoms with Gasteiger partial charge in [0.05, 0.1) is 4.90 Å². The van der Waals surface area contributed by atoms with Crippen molar-refractivity contribution in [1.29, 1.82) is 0 Å². The summed E-state index contributed by atoms with van der Waals surface area (Å²) in [6.45, 7) is 0. The third-order valence-corrected chi connectivity index (χ3v) is 6.05. The summed E-state index contributed by atoms with van der Waals surface area (Å²) in [6.07, 6.45) is 2.25. The summed E-state index contributed by atoms with van der Waals surface area (Å²) in [5.41, 5.74) is -0.838. The Morgan fingerprint density at radius 3 is 2.26 bits per heavy atom. The van der Waals surface area contributed by atoms with E-state index < -0.39 is 27.4 Å². The number of hydrogen-bond acceptors (Lipinski definition) is 4. The van der Waals surface area contributed by atoms with E-state index in [4.69, 9.17) is 0 Å². The van der Waals surface area contributed by atoms with Crippen molar-refractivity contribution < 1.29 is 23.1 Å². The number of carbonyl (C=O) groups is 2. The van der Waals surface area contributed by atoms with Gasteiger partial charge in [0, 0.05) is 11.3 Å². The normalized spacial score (nSPS) is 15.9. The lowest BCUT2D eigenvalue weighted by Crippen LogP contribution is -2.52. The van der Waals surface area contributed by atoms with E-state index in [0.717, 1.165) is 12.8 Å². The van der Waals surface area contributed by atoms with E-state index >= 15 is 0 Å². The van der Waals surface area contributed by atoms with Crippen LogP contribution >= 0.6 is 0 Å². The molecular weight excluding hydrogens is 368 g/mol. The van der Waals surface area contributed by atoms with Crippen molar-refractivity contribution in [3.63, 3.8) is 0 Å². The molecule has 1 aliphatic carbocycles. The van der Waals surface area contributed by atoms with Gasteiger partial charge in [0.1, 0.15) is 5.54 Å². The third-order valence-electron chi connectivity index (χ3n) is 4.65. The summed E-state index contributed by atoms with van der Waals surface area (Å²) in [4.78, 5) is 24.2. The number of amides is 1. The molecule has 0 heterocycles. The molecular formula is C19H20N2O5S. The van der Waals surface area contributed by atoms with Crippen LogP contribution in [0.15, 0.2) is 59.5 Å². The summed E-state index contributed by atoms with van der Waals surface area (Å²) in [7, 11) is -3.78. The van der Waals surface area contributed by atoms with E-state index in [9.17, 15) is 23.1 Å². The number of aliphatic carboxylic acids is 1. The number of sulfonamides is 1. The molecule has 0 bridgehead atoms. The Kier molecular flexibility index (Phi) is 5.18. The Balaban J connectivity index is 1.79. The molecule has 2 aromatic rings. The highest BCUT2D eigenvalue weighted by Gasteiger charge is 2.42. The fourth-order valence-electron chi connectivity index (χ4n) is 3.20. The molecule has 8 heteroatoms. The maximum atomic E-state index is 12.5. The van der Waals surface area contributed by atoms with Crippen LogP contribution in [-0.4, -0.2) is 30.9 Å². The van der Waals surface area contributed by atoms with Gasteiger partial charge in [0.25, 0.3) is 15.9 Å². The summed E-state index contributed by atoms with van der Waals surface area (Å²) in [5.74, 6) is -1.59. The number of hydrogen-bond donors (Lipinski definition) is 3. The van der Waals surface area contributed by atoms with Gasteiger partial charge in [0.15, 0.2) is 0 Å². The molecule has 0 spiro atoms. The summed E-state index contributed by atoms with van der Waals surface area (Å²) in [6, 6.07) is 13.9. The van der Waals surface area contributed by atoms with E-state index in [2.05, 4.69) is 10.0 Å². The van der Waals surface area contributed by atoms with E-state index in [1.807, 2.05) is 0 Å². The molecule has 0 unspecified atom stereocenters. The predicted molar refractivity (Wildman–Crippen MR) is 100.0 cm³/mol. The van der Waals surface area contributed by atoms with Crippen molar-refractivity contribution in [2.45, 2.75) is 36.1 Å². The number of carboxylic acid groups (broad SMARTS) is 1. The van der Waals surface area contributed by atoms with Crippen molar-refractivity contribution in [2.75, 3.05) is 4.72 Å². The molecule has 1 fully saturated rings. The summed E-state index contributed by atoms with van der Waals surface area (Å²) in [5, 5.41) is 12.1. The van der Waals surface area contributed by atoms with E-state index in [1.54, 1.807) is 24.3 Å². The Morgan fingerprint density at radius 1 is 0.963 bits per heavy atom. The van der Waals surface area contributed by atoms with Crippen molar-refractivity contribution in [2.24, 2.45) is 0 Å². The van der Waals surface area contributed by atoms with Gasteiger partial charge in [-0.15, -0.1) is 0 Å². The number of anilines is 1. The Labute approximate surface area is 157 Å². The highest BCUT2D eigenvalue weighted by atomic mass is 32.2. The second-order valence-electron chi connectivity index (χ2n) is 6.55. The molecule has 2 aromatic carbocycles. The van der Waals surface area contributed by atoms with Crippen molar-refractivity contribution in [1.82, 2.24) is 5.32 Å². The van der Waals surface area contributed by atoms with Crippen LogP contribution in [0.2, 0.25) is 0 Å². The van der Waals surface area contributed by atoms with Crippen molar-refractivity contribution in [3.05, 3.63) is 60.2 Å². The molecule has 27 heavy (non-hydrogen) atoms. The molecule has 0 atom stereocenters. The minimum Gasteiger partial charge on any atom is -0.480 e. The molecule has 3 N–H and O–H groups in total. The quantitative estimate of drug-likeness (QED) is 0.704. The fourth-order valence-corrected chi connectivity index (χ4v) is 4.27. The zero-order valence-electron chi connectivity index (χ0n) is 14.5. The molecule has 0 aliphatic heterocycles. The maximum Gasteiger partial charge on any atom is 0.329 e. The second kappa shape index (κ2) is 7.40. The lowest BCUT2D eigenvalue weighted by Gasteiger charge is -2.25. The molecule has 0 radical (unpaired) electrons. The largest absolute Gasteiger partial charge is 0.480 e. The Hall–Kier alpha value is -2.87. The van der Waals surface area contributed by atoms with Gasteiger partial charge >= 0.3 is 5.97 Å². The predicted octanol–water partition coefficient (Wildman–Crippen LogP) is 2.61. The number of rotatable bonds is 6. The van der Waals surface area contributed by atoms with Crippen molar-refractivity contribution in [3.8, 4) is 0 Å². The molecule has 7 nitrogen and oxygen atoms in total. The van der Waals surface area contributed by atoms with E-state index in [-0.39, 0.29) is 16.1 Å². The van der Waals surface area contributed by atoms with E-state index in [0.29, 0.717) is 12.8 Å². The zero-order valence-corrected chi connectivity index (χ0v) is 15.3. The first-order valence-electron chi connectivity index (χ1n) is 8.56. The molecule has 1 saturated carbocycles. The van der Waals surface area contributed by atoms with Gasteiger partial charge in [0.2, 0.25) is 0 Å². The number of benzene rings is 2. The molecule has 142 valence electrons. The highest BCUT2D eigenvalue weighted by Crippen LogP contribution is 2.30. The fraction of sp³-hybridized carbons (Fsp3) is 0.263. The topological polar surface area (TPSA) is 113 Å². The Bertz CT molecular complexity index is 951. The number of carboxylic acids is 1. The van der Waals surface area contributed by atoms with Crippen LogP contribution in [-0.2, 0) is 14.8 Å². The standard InChI is InChI=1S/C19H20N2O5S/c22-17(20-19(18(23)24)11-4-5-12-19)14-7-6-8-15(13-14)21-27(25,26)16-9-2-1-3-10-16/h1-3,6-10,13,21H,4-5,11-12H2,(H,20,22)(H,23,24). The third kappa shape index (κ3) is 4.11. The first-order chi connectivity index (χ1) is 12.8. The van der Waals surface area contributed by atoms with Gasteiger partial charge in [-0.1, -0.05) is 37.1 Å². The van der Waals surface area contributed by atoms with Crippen LogP contribution in [0.3, 0.4) is 0 Å². The first-order valence-corrected chi connectivity index (χ1v) is 10.0. The average Bonchev–Trinajstić information content (AvgIpc) is 3.12. The SMILES string of the molecule is O=C(NC1(C(=O)O)CCCC1)c1cccc(NS(=O)(=O)c2ccccc2)c1. The van der Waals surface area contributed by atoms with Gasteiger partial charge in [-0.2, -0.15) is 0 Å². The molecule has 0 aromatic heterocycles. The zero-order chi connectivity index (χ0) is 19.5. The lowest BCUT2D eigenvalue weighted by atomic mass is 9.97.